The van der Waals surface area contributed by atoms with Gasteiger partial charge in [-0.3, -0.25) is 9.59 Å². The first-order chi connectivity index (χ1) is 11.1. The number of nitriles is 1. The van der Waals surface area contributed by atoms with Crippen molar-refractivity contribution in [2.75, 3.05) is 20.4 Å². The van der Waals surface area contributed by atoms with Gasteiger partial charge in [-0.1, -0.05) is 6.07 Å². The molecule has 0 bridgehead atoms. The molecule has 1 aliphatic rings. The van der Waals surface area contributed by atoms with Crippen LogP contribution >= 0.6 is 0 Å². The van der Waals surface area contributed by atoms with Crippen LogP contribution in [0.2, 0.25) is 0 Å². The number of benzene rings is 1. The molecule has 2 rings (SSSR count). The smallest absolute Gasteiger partial charge is 0.325 e. The summed E-state index contributed by atoms with van der Waals surface area (Å²) in [5.74, 6) is 0.221. The second-order valence-electron chi connectivity index (χ2n) is 4.50. The second kappa shape index (κ2) is 7.70. The maximum atomic E-state index is 11.9. The fourth-order valence-corrected chi connectivity index (χ4v) is 1.79. The fraction of sp³-hybridized carbons (Fsp3) is 0.267. The van der Waals surface area contributed by atoms with E-state index in [1.807, 2.05) is 0 Å². The Morgan fingerprint density at radius 3 is 2.91 bits per heavy atom. The molecule has 0 saturated heterocycles. The van der Waals surface area contributed by atoms with Crippen LogP contribution in [0.4, 0.5) is 0 Å². The zero-order chi connectivity index (χ0) is 16.7. The Bertz CT molecular complexity index is 678. The molecule has 0 atom stereocenters. The second-order valence-corrected chi connectivity index (χ2v) is 4.50. The summed E-state index contributed by atoms with van der Waals surface area (Å²) in [6.45, 7) is 0.279. The highest BCUT2D eigenvalue weighted by atomic mass is 16.7. The number of hydrogen-bond acceptors (Lipinski definition) is 7. The van der Waals surface area contributed by atoms with E-state index in [2.05, 4.69) is 15.4 Å². The van der Waals surface area contributed by atoms with Crippen LogP contribution in [-0.4, -0.2) is 32.3 Å². The Labute approximate surface area is 132 Å². The molecule has 2 N–H and O–H groups in total. The molecular formula is C15H15N3O5. The van der Waals surface area contributed by atoms with E-state index < -0.39 is 11.9 Å². The quantitative estimate of drug-likeness (QED) is 0.438. The number of rotatable bonds is 6. The van der Waals surface area contributed by atoms with Crippen LogP contribution in [-0.2, 0) is 20.9 Å². The number of carbonyl (C=O) groups is 2. The predicted octanol–water partition coefficient (Wildman–Crippen LogP) is 0.202. The molecule has 1 amide bonds. The molecule has 1 aromatic rings. The highest BCUT2D eigenvalue weighted by Crippen LogP contribution is 2.32. The van der Waals surface area contributed by atoms with Crippen molar-refractivity contribution in [3.8, 4) is 17.6 Å². The molecule has 0 fully saturated rings. The summed E-state index contributed by atoms with van der Waals surface area (Å²) >= 11 is 0. The van der Waals surface area contributed by atoms with Crippen molar-refractivity contribution in [2.45, 2.75) is 6.54 Å². The Kier molecular flexibility index (Phi) is 5.41. The highest BCUT2D eigenvalue weighted by molar-refractivity contribution is 5.97. The Balaban J connectivity index is 1.88. The summed E-state index contributed by atoms with van der Waals surface area (Å²) in [4.78, 5) is 22.8. The maximum absolute atomic E-state index is 11.9. The van der Waals surface area contributed by atoms with Crippen molar-refractivity contribution in [3.63, 3.8) is 0 Å². The molecule has 0 aliphatic carbocycles. The highest BCUT2D eigenvalue weighted by Gasteiger charge is 2.14. The number of ether oxygens (including phenoxy) is 3. The van der Waals surface area contributed by atoms with Crippen LogP contribution in [0.25, 0.3) is 0 Å². The molecule has 0 saturated carbocycles. The number of amides is 1. The molecule has 8 nitrogen and oxygen atoms in total. The van der Waals surface area contributed by atoms with Crippen molar-refractivity contribution in [2.24, 2.45) is 0 Å². The van der Waals surface area contributed by atoms with E-state index in [1.165, 1.54) is 13.3 Å². The number of esters is 1. The molecule has 120 valence electrons. The number of carbonyl (C=O) groups excluding carboxylic acids is 2. The standard InChI is InChI=1S/C15H15N3O5/c1-21-14(19)8-17-7-11(5-16)15(20)18-6-10-2-3-12-13(4-10)23-9-22-12/h2-4,7,17H,6,8-9H2,1H3,(H,18,20)/b11-7-. The van der Waals surface area contributed by atoms with E-state index in [0.717, 1.165) is 5.56 Å². The number of nitrogens with one attached hydrogen (secondary N) is 2. The van der Waals surface area contributed by atoms with Crippen LogP contribution < -0.4 is 20.1 Å². The minimum Gasteiger partial charge on any atom is -0.468 e. The van der Waals surface area contributed by atoms with Gasteiger partial charge in [-0.15, -0.1) is 0 Å². The number of hydrogen-bond donors (Lipinski definition) is 2. The van der Waals surface area contributed by atoms with Crippen molar-refractivity contribution >= 4 is 11.9 Å². The van der Waals surface area contributed by atoms with Crippen molar-refractivity contribution in [1.29, 1.82) is 5.26 Å². The van der Waals surface area contributed by atoms with Gasteiger partial charge in [0.1, 0.15) is 18.2 Å². The van der Waals surface area contributed by atoms with Gasteiger partial charge in [0.2, 0.25) is 6.79 Å². The van der Waals surface area contributed by atoms with E-state index in [-0.39, 0.29) is 25.5 Å². The average molecular weight is 317 g/mol. The summed E-state index contributed by atoms with van der Waals surface area (Å²) < 4.78 is 14.9. The van der Waals surface area contributed by atoms with Crippen LogP contribution in [0.15, 0.2) is 30.0 Å². The van der Waals surface area contributed by atoms with Gasteiger partial charge in [0.25, 0.3) is 5.91 Å². The zero-order valence-electron chi connectivity index (χ0n) is 12.4. The summed E-state index contributed by atoms with van der Waals surface area (Å²) in [5, 5.41) is 14.1. The van der Waals surface area contributed by atoms with Crippen LogP contribution in [0.5, 0.6) is 11.5 Å². The summed E-state index contributed by atoms with van der Waals surface area (Å²) in [6.07, 6.45) is 1.17. The topological polar surface area (TPSA) is 110 Å². The molecule has 0 unspecified atom stereocenters. The van der Waals surface area contributed by atoms with E-state index in [0.29, 0.717) is 11.5 Å². The van der Waals surface area contributed by atoms with Crippen LogP contribution in [0, 0.1) is 11.3 Å². The van der Waals surface area contributed by atoms with E-state index >= 15 is 0 Å². The van der Waals surface area contributed by atoms with Crippen molar-refractivity contribution in [1.82, 2.24) is 10.6 Å². The van der Waals surface area contributed by atoms with Gasteiger partial charge in [-0.2, -0.15) is 5.26 Å². The molecule has 0 radical (unpaired) electrons. The van der Waals surface area contributed by atoms with Crippen molar-refractivity contribution in [3.05, 3.63) is 35.5 Å². The number of nitrogens with zero attached hydrogens (tertiary/aromatic N) is 1. The minimum absolute atomic E-state index is 0.128. The lowest BCUT2D eigenvalue weighted by atomic mass is 10.2. The van der Waals surface area contributed by atoms with Gasteiger partial charge >= 0.3 is 5.97 Å². The molecule has 0 spiro atoms. The van der Waals surface area contributed by atoms with Crippen LogP contribution in [0.1, 0.15) is 5.56 Å². The Hall–Kier alpha value is -3.21. The fourth-order valence-electron chi connectivity index (χ4n) is 1.79. The lowest BCUT2D eigenvalue weighted by molar-refractivity contribution is -0.139. The van der Waals surface area contributed by atoms with Gasteiger partial charge in [-0.05, 0) is 17.7 Å². The maximum Gasteiger partial charge on any atom is 0.325 e. The van der Waals surface area contributed by atoms with Gasteiger partial charge < -0.3 is 24.8 Å². The third kappa shape index (κ3) is 4.38. The first-order valence-electron chi connectivity index (χ1n) is 6.71. The summed E-state index contributed by atoms with van der Waals surface area (Å²) in [7, 11) is 1.25. The molecule has 1 aromatic carbocycles. The lowest BCUT2D eigenvalue weighted by Crippen LogP contribution is -2.26. The summed E-state index contributed by atoms with van der Waals surface area (Å²) in [6, 6.07) is 7.06. The van der Waals surface area contributed by atoms with E-state index in [9.17, 15) is 9.59 Å². The monoisotopic (exact) mass is 317 g/mol. The summed E-state index contributed by atoms with van der Waals surface area (Å²) in [5.41, 5.74) is 0.664. The van der Waals surface area contributed by atoms with Gasteiger partial charge in [0, 0.05) is 12.7 Å². The third-order valence-corrected chi connectivity index (χ3v) is 2.98. The molecule has 23 heavy (non-hydrogen) atoms. The Morgan fingerprint density at radius 1 is 1.39 bits per heavy atom. The molecular weight excluding hydrogens is 302 g/mol. The van der Waals surface area contributed by atoms with Gasteiger partial charge in [0.15, 0.2) is 11.5 Å². The zero-order valence-corrected chi connectivity index (χ0v) is 12.4. The normalized spacial score (nSPS) is 12.3. The molecule has 1 heterocycles. The van der Waals surface area contributed by atoms with E-state index in [1.54, 1.807) is 24.3 Å². The Morgan fingerprint density at radius 2 is 2.17 bits per heavy atom. The van der Waals surface area contributed by atoms with E-state index in [4.69, 9.17) is 14.7 Å². The van der Waals surface area contributed by atoms with Crippen LogP contribution in [0.3, 0.4) is 0 Å². The SMILES string of the molecule is COC(=O)CN/C=C(/C#N)C(=O)NCc1ccc2c(c1)OCO2. The predicted molar refractivity (Wildman–Crippen MR) is 78.1 cm³/mol. The molecule has 0 aromatic heterocycles. The first kappa shape index (κ1) is 16.2. The minimum atomic E-state index is -0.553. The number of fused-ring (bicyclic) bond motifs is 1. The van der Waals surface area contributed by atoms with Gasteiger partial charge in [-0.25, -0.2) is 0 Å². The first-order valence-corrected chi connectivity index (χ1v) is 6.71. The largest absolute Gasteiger partial charge is 0.468 e. The lowest BCUT2D eigenvalue weighted by Gasteiger charge is -2.06. The average Bonchev–Trinajstić information content (AvgIpc) is 3.04. The van der Waals surface area contributed by atoms with Gasteiger partial charge in [0.05, 0.1) is 7.11 Å². The third-order valence-electron chi connectivity index (χ3n) is 2.98. The van der Waals surface area contributed by atoms with Crippen molar-refractivity contribution < 1.29 is 23.8 Å². The molecule has 1 aliphatic heterocycles. The molecule has 8 heteroatoms. The number of methoxy groups -OCH3 is 1.